The highest BCUT2D eigenvalue weighted by molar-refractivity contribution is 5.91. The average Bonchev–Trinajstić information content (AvgIpc) is 2.28. The SMILES string of the molecule is CNc1nc(NC)c(N=C(C)C(F)(F)F)cc1N. The largest absolute Gasteiger partial charge is 0.429 e. The summed E-state index contributed by atoms with van der Waals surface area (Å²) in [5, 5.41) is 5.41. The summed E-state index contributed by atoms with van der Waals surface area (Å²) in [4.78, 5) is 7.52. The molecule has 18 heavy (non-hydrogen) atoms. The van der Waals surface area contributed by atoms with Gasteiger partial charge in [0.15, 0.2) is 11.6 Å². The van der Waals surface area contributed by atoms with Crippen LogP contribution in [0.1, 0.15) is 6.92 Å². The van der Waals surface area contributed by atoms with Gasteiger partial charge in [0.05, 0.1) is 5.69 Å². The van der Waals surface area contributed by atoms with Gasteiger partial charge in [-0.3, -0.25) is 0 Å². The fourth-order valence-corrected chi connectivity index (χ4v) is 1.23. The van der Waals surface area contributed by atoms with E-state index in [1.165, 1.54) is 6.07 Å². The molecule has 0 saturated carbocycles. The third kappa shape index (κ3) is 3.02. The fraction of sp³-hybridized carbons (Fsp3) is 0.400. The lowest BCUT2D eigenvalue weighted by Crippen LogP contribution is -2.19. The third-order valence-electron chi connectivity index (χ3n) is 2.20. The molecule has 0 aliphatic heterocycles. The number of aliphatic imine (C=N–C) groups is 1. The molecule has 0 aliphatic rings. The second-order valence-corrected chi connectivity index (χ2v) is 3.49. The van der Waals surface area contributed by atoms with Gasteiger partial charge in [-0.2, -0.15) is 13.2 Å². The smallest absolute Gasteiger partial charge is 0.396 e. The molecule has 0 atom stereocenters. The van der Waals surface area contributed by atoms with Gasteiger partial charge in [0, 0.05) is 14.1 Å². The van der Waals surface area contributed by atoms with E-state index in [9.17, 15) is 13.2 Å². The van der Waals surface area contributed by atoms with Crippen LogP contribution in [0.15, 0.2) is 11.1 Å². The Kier molecular flexibility index (Phi) is 4.00. The van der Waals surface area contributed by atoms with Crippen LogP contribution in [0.25, 0.3) is 0 Å². The zero-order chi connectivity index (χ0) is 13.9. The lowest BCUT2D eigenvalue weighted by atomic mass is 10.3. The molecule has 0 spiro atoms. The van der Waals surface area contributed by atoms with Crippen LogP contribution in [0.3, 0.4) is 0 Å². The molecule has 0 unspecified atom stereocenters. The number of nitrogens with two attached hydrogens (primary N) is 1. The number of nitrogen functional groups attached to an aromatic ring is 1. The second kappa shape index (κ2) is 5.11. The summed E-state index contributed by atoms with van der Waals surface area (Å²) in [5.74, 6) is 0.597. The number of nitrogens with zero attached hydrogens (tertiary/aromatic N) is 2. The number of nitrogens with one attached hydrogen (secondary N) is 2. The number of halogens is 3. The molecular formula is C10H14F3N5. The average molecular weight is 261 g/mol. The number of hydrogen-bond donors (Lipinski definition) is 3. The van der Waals surface area contributed by atoms with Crippen molar-refractivity contribution < 1.29 is 13.2 Å². The highest BCUT2D eigenvalue weighted by Crippen LogP contribution is 2.31. The molecule has 0 aliphatic carbocycles. The zero-order valence-electron chi connectivity index (χ0n) is 10.2. The Labute approximate surface area is 102 Å². The summed E-state index contributed by atoms with van der Waals surface area (Å²) >= 11 is 0. The number of anilines is 3. The fourth-order valence-electron chi connectivity index (χ4n) is 1.23. The minimum atomic E-state index is -4.47. The van der Waals surface area contributed by atoms with Gasteiger partial charge < -0.3 is 16.4 Å². The number of rotatable bonds is 3. The standard InChI is InChI=1S/C10H14F3N5/c1-5(10(11,12)13)17-7-4-6(14)8(15-2)18-9(7)16-3/h4H,14H2,1-3H3,(H2,15,16,18). The van der Waals surface area contributed by atoms with E-state index >= 15 is 0 Å². The van der Waals surface area contributed by atoms with Crippen molar-refractivity contribution >= 4 is 28.7 Å². The Morgan fingerprint density at radius 2 is 1.83 bits per heavy atom. The van der Waals surface area contributed by atoms with Crippen molar-refractivity contribution in [2.24, 2.45) is 4.99 Å². The molecule has 4 N–H and O–H groups in total. The van der Waals surface area contributed by atoms with E-state index in [-0.39, 0.29) is 17.2 Å². The van der Waals surface area contributed by atoms with E-state index in [0.717, 1.165) is 6.92 Å². The monoisotopic (exact) mass is 261 g/mol. The normalized spacial score (nSPS) is 12.4. The molecule has 0 bridgehead atoms. The van der Waals surface area contributed by atoms with Crippen LogP contribution in [0.5, 0.6) is 0 Å². The molecular weight excluding hydrogens is 247 g/mol. The van der Waals surface area contributed by atoms with Crippen LogP contribution in [0.4, 0.5) is 36.2 Å². The van der Waals surface area contributed by atoms with Gasteiger partial charge >= 0.3 is 6.18 Å². The summed E-state index contributed by atoms with van der Waals surface area (Å²) in [6, 6.07) is 1.33. The molecule has 0 aromatic carbocycles. The number of alkyl halides is 3. The summed E-state index contributed by atoms with van der Waals surface area (Å²) in [5.41, 5.74) is 4.95. The van der Waals surface area contributed by atoms with Crippen LogP contribution >= 0.6 is 0 Å². The Hall–Kier alpha value is -1.99. The van der Waals surface area contributed by atoms with Crippen molar-refractivity contribution in [2.45, 2.75) is 13.1 Å². The number of aromatic nitrogens is 1. The van der Waals surface area contributed by atoms with Crippen LogP contribution in [-0.4, -0.2) is 31.0 Å². The lowest BCUT2D eigenvalue weighted by molar-refractivity contribution is -0.0591. The molecule has 1 aromatic rings. The van der Waals surface area contributed by atoms with Gasteiger partial charge in [-0.05, 0) is 13.0 Å². The van der Waals surface area contributed by atoms with E-state index in [2.05, 4.69) is 20.6 Å². The van der Waals surface area contributed by atoms with Crippen LogP contribution in [0.2, 0.25) is 0 Å². The van der Waals surface area contributed by atoms with Crippen molar-refractivity contribution in [2.75, 3.05) is 30.5 Å². The van der Waals surface area contributed by atoms with Crippen LogP contribution < -0.4 is 16.4 Å². The maximum atomic E-state index is 12.4. The summed E-state index contributed by atoms with van der Waals surface area (Å²) in [6.07, 6.45) is -4.47. The molecule has 100 valence electrons. The Balaban J connectivity index is 3.29. The molecule has 1 heterocycles. The van der Waals surface area contributed by atoms with Gasteiger partial charge in [0.25, 0.3) is 0 Å². The molecule has 1 aromatic heterocycles. The van der Waals surface area contributed by atoms with Crippen molar-refractivity contribution in [1.29, 1.82) is 0 Å². The first kappa shape index (κ1) is 14.1. The molecule has 1 rings (SSSR count). The van der Waals surface area contributed by atoms with E-state index in [4.69, 9.17) is 5.73 Å². The Bertz CT molecular complexity index is 467. The van der Waals surface area contributed by atoms with Crippen LogP contribution in [-0.2, 0) is 0 Å². The highest BCUT2D eigenvalue weighted by atomic mass is 19.4. The zero-order valence-corrected chi connectivity index (χ0v) is 10.2. The Morgan fingerprint density at radius 1 is 1.28 bits per heavy atom. The lowest BCUT2D eigenvalue weighted by Gasteiger charge is -2.11. The maximum Gasteiger partial charge on any atom is 0.429 e. The van der Waals surface area contributed by atoms with Gasteiger partial charge in [-0.25, -0.2) is 9.98 Å². The first-order chi connectivity index (χ1) is 8.29. The van der Waals surface area contributed by atoms with E-state index < -0.39 is 11.9 Å². The molecule has 0 fully saturated rings. The van der Waals surface area contributed by atoms with Gasteiger partial charge in [-0.15, -0.1) is 0 Å². The summed E-state index contributed by atoms with van der Waals surface area (Å²) < 4.78 is 37.2. The topological polar surface area (TPSA) is 75.3 Å². The summed E-state index contributed by atoms with van der Waals surface area (Å²) in [6.45, 7) is 0.890. The third-order valence-corrected chi connectivity index (χ3v) is 2.20. The quantitative estimate of drug-likeness (QED) is 0.730. The molecule has 5 nitrogen and oxygen atoms in total. The highest BCUT2D eigenvalue weighted by Gasteiger charge is 2.32. The van der Waals surface area contributed by atoms with E-state index in [0.29, 0.717) is 5.82 Å². The minimum Gasteiger partial charge on any atom is -0.396 e. The van der Waals surface area contributed by atoms with Crippen molar-refractivity contribution in [3.05, 3.63) is 6.07 Å². The minimum absolute atomic E-state index is 0.0452. The Morgan fingerprint density at radius 3 is 2.28 bits per heavy atom. The molecule has 8 heteroatoms. The first-order valence-electron chi connectivity index (χ1n) is 5.08. The van der Waals surface area contributed by atoms with Crippen molar-refractivity contribution in [3.8, 4) is 0 Å². The molecule has 0 saturated heterocycles. The number of pyridine rings is 1. The van der Waals surface area contributed by atoms with Gasteiger partial charge in [-0.1, -0.05) is 0 Å². The molecule has 0 radical (unpaired) electrons. The maximum absolute atomic E-state index is 12.4. The van der Waals surface area contributed by atoms with Crippen LogP contribution in [0, 0.1) is 0 Å². The van der Waals surface area contributed by atoms with E-state index in [1.807, 2.05) is 0 Å². The second-order valence-electron chi connectivity index (χ2n) is 3.49. The summed E-state index contributed by atoms with van der Waals surface area (Å²) in [7, 11) is 3.15. The van der Waals surface area contributed by atoms with Crippen molar-refractivity contribution in [3.63, 3.8) is 0 Å². The predicted molar refractivity (Wildman–Crippen MR) is 66.6 cm³/mol. The van der Waals surface area contributed by atoms with Crippen molar-refractivity contribution in [1.82, 2.24) is 4.98 Å². The first-order valence-corrected chi connectivity index (χ1v) is 5.08. The van der Waals surface area contributed by atoms with Gasteiger partial charge in [0.1, 0.15) is 11.4 Å². The number of hydrogen-bond acceptors (Lipinski definition) is 5. The van der Waals surface area contributed by atoms with E-state index in [1.54, 1.807) is 14.1 Å². The predicted octanol–water partition coefficient (Wildman–Crippen LogP) is 2.40. The molecule has 0 amide bonds. The van der Waals surface area contributed by atoms with Gasteiger partial charge in [0.2, 0.25) is 0 Å².